The van der Waals surface area contributed by atoms with E-state index in [2.05, 4.69) is 20.5 Å². The Morgan fingerprint density at radius 2 is 1.96 bits per heavy atom. The minimum atomic E-state index is -0.669. The molecular weight excluding hydrogens is 346 g/mol. The van der Waals surface area contributed by atoms with Gasteiger partial charge in [0.15, 0.2) is 5.69 Å². The van der Waals surface area contributed by atoms with Crippen molar-refractivity contribution in [3.05, 3.63) is 61.9 Å². The van der Waals surface area contributed by atoms with Gasteiger partial charge in [0.1, 0.15) is 0 Å². The number of rotatable bonds is 4. The Bertz CT molecular complexity index is 1110. The third-order valence-corrected chi connectivity index (χ3v) is 5.02. The van der Waals surface area contributed by atoms with E-state index in [0.717, 1.165) is 43.4 Å². The smallest absolute Gasteiger partial charge is 0.316 e. The number of fused-ring (bicyclic) bond motifs is 2. The summed E-state index contributed by atoms with van der Waals surface area (Å²) in [6.45, 7) is 0.440. The number of aromatic amines is 2. The molecule has 4 rings (SSSR count). The molecule has 8 nitrogen and oxygen atoms in total. The molecule has 1 aliphatic carbocycles. The van der Waals surface area contributed by atoms with Crippen molar-refractivity contribution in [3.8, 4) is 0 Å². The van der Waals surface area contributed by atoms with Crippen molar-refractivity contribution in [1.82, 2.24) is 25.1 Å². The summed E-state index contributed by atoms with van der Waals surface area (Å²) in [7, 11) is 0. The second kappa shape index (κ2) is 7.22. The largest absolute Gasteiger partial charge is 0.349 e. The summed E-state index contributed by atoms with van der Waals surface area (Å²) in [4.78, 5) is 39.2. The molecule has 140 valence electrons. The van der Waals surface area contributed by atoms with Gasteiger partial charge in [-0.15, -0.1) is 0 Å². The average Bonchev–Trinajstić information content (AvgIpc) is 2.93. The number of para-hydroxylation sites is 2. The number of nitrogens with one attached hydrogen (secondary N) is 3. The van der Waals surface area contributed by atoms with Gasteiger partial charge >= 0.3 is 11.1 Å². The quantitative estimate of drug-likeness (QED) is 0.474. The average molecular weight is 367 g/mol. The van der Waals surface area contributed by atoms with Crippen LogP contribution in [0.5, 0.6) is 0 Å². The Kier molecular flexibility index (Phi) is 4.62. The molecule has 0 saturated carbocycles. The lowest BCUT2D eigenvalue weighted by molar-refractivity contribution is 0.0946. The second-order valence-corrected chi connectivity index (χ2v) is 6.77. The van der Waals surface area contributed by atoms with Crippen LogP contribution in [0.4, 0.5) is 0 Å². The number of benzene rings is 1. The standard InChI is InChI=1S/C19H21N5O3/c25-17(16-12-6-2-1-3-7-13(12)22-23-16)20-10-11-24-15-9-5-4-8-14(15)21-18(26)19(24)27/h4-5,8-9H,1-3,6-7,10-11H2,(H,20,25)(H,21,26)(H,22,23). The predicted molar refractivity (Wildman–Crippen MR) is 101 cm³/mol. The Labute approximate surface area is 154 Å². The fourth-order valence-electron chi connectivity index (χ4n) is 3.65. The van der Waals surface area contributed by atoms with Crippen molar-refractivity contribution in [2.45, 2.75) is 38.6 Å². The topological polar surface area (TPSA) is 113 Å². The van der Waals surface area contributed by atoms with E-state index in [1.807, 2.05) is 0 Å². The van der Waals surface area contributed by atoms with Crippen LogP contribution in [0.25, 0.3) is 11.0 Å². The Hall–Kier alpha value is -3.16. The first-order valence-corrected chi connectivity index (χ1v) is 9.21. The van der Waals surface area contributed by atoms with Crippen LogP contribution in [-0.2, 0) is 19.4 Å². The molecule has 0 spiro atoms. The van der Waals surface area contributed by atoms with Gasteiger partial charge < -0.3 is 14.9 Å². The lowest BCUT2D eigenvalue weighted by Gasteiger charge is -2.10. The van der Waals surface area contributed by atoms with Crippen LogP contribution >= 0.6 is 0 Å². The SMILES string of the molecule is O=C(NCCn1c(=O)c(=O)[nH]c2ccccc21)c1n[nH]c2c1CCCCC2. The first-order valence-electron chi connectivity index (χ1n) is 9.21. The number of hydrogen-bond donors (Lipinski definition) is 3. The van der Waals surface area contributed by atoms with E-state index in [-0.39, 0.29) is 19.0 Å². The number of amides is 1. The monoisotopic (exact) mass is 367 g/mol. The summed E-state index contributed by atoms with van der Waals surface area (Å²) in [5, 5.41) is 9.99. The van der Waals surface area contributed by atoms with E-state index in [9.17, 15) is 14.4 Å². The van der Waals surface area contributed by atoms with E-state index >= 15 is 0 Å². The molecule has 0 fully saturated rings. The molecular formula is C19H21N5O3. The summed E-state index contributed by atoms with van der Waals surface area (Å²) in [5.74, 6) is -0.253. The summed E-state index contributed by atoms with van der Waals surface area (Å²) in [6.07, 6.45) is 5.09. The fourth-order valence-corrected chi connectivity index (χ4v) is 3.65. The highest BCUT2D eigenvalue weighted by atomic mass is 16.2. The van der Waals surface area contributed by atoms with Gasteiger partial charge in [0.25, 0.3) is 5.91 Å². The molecule has 8 heteroatoms. The summed E-state index contributed by atoms with van der Waals surface area (Å²) < 4.78 is 1.39. The number of H-pyrrole nitrogens is 2. The van der Waals surface area contributed by atoms with Crippen LogP contribution < -0.4 is 16.4 Å². The Balaban J connectivity index is 1.51. The second-order valence-electron chi connectivity index (χ2n) is 6.77. The van der Waals surface area contributed by atoms with Gasteiger partial charge in [0.2, 0.25) is 0 Å². The fraction of sp³-hybridized carbons (Fsp3) is 0.368. The minimum Gasteiger partial charge on any atom is -0.349 e. The van der Waals surface area contributed by atoms with E-state index in [1.54, 1.807) is 24.3 Å². The van der Waals surface area contributed by atoms with Crippen molar-refractivity contribution in [2.75, 3.05) is 6.54 Å². The Morgan fingerprint density at radius 1 is 1.15 bits per heavy atom. The van der Waals surface area contributed by atoms with Gasteiger partial charge in [-0.25, -0.2) is 0 Å². The number of nitrogens with zero attached hydrogens (tertiary/aromatic N) is 2. The van der Waals surface area contributed by atoms with Gasteiger partial charge in [-0.05, 0) is 37.8 Å². The molecule has 1 amide bonds. The van der Waals surface area contributed by atoms with Gasteiger partial charge in [-0.3, -0.25) is 19.5 Å². The zero-order valence-electron chi connectivity index (χ0n) is 14.9. The third kappa shape index (κ3) is 3.30. The number of carbonyl (C=O) groups excluding carboxylic acids is 1. The van der Waals surface area contributed by atoms with Crippen molar-refractivity contribution < 1.29 is 4.79 Å². The van der Waals surface area contributed by atoms with Crippen molar-refractivity contribution >= 4 is 16.9 Å². The number of carbonyl (C=O) groups is 1. The van der Waals surface area contributed by atoms with E-state index in [0.29, 0.717) is 16.7 Å². The van der Waals surface area contributed by atoms with Gasteiger partial charge in [-0.1, -0.05) is 18.6 Å². The molecule has 27 heavy (non-hydrogen) atoms. The zero-order chi connectivity index (χ0) is 18.8. The molecule has 0 atom stereocenters. The first-order chi connectivity index (χ1) is 13.1. The molecule has 0 bridgehead atoms. The number of aromatic nitrogens is 4. The molecule has 0 unspecified atom stereocenters. The van der Waals surface area contributed by atoms with Crippen molar-refractivity contribution in [2.24, 2.45) is 0 Å². The van der Waals surface area contributed by atoms with E-state index < -0.39 is 11.1 Å². The normalized spacial score (nSPS) is 13.9. The van der Waals surface area contributed by atoms with Gasteiger partial charge in [0.05, 0.1) is 11.0 Å². The van der Waals surface area contributed by atoms with Crippen LogP contribution in [0.15, 0.2) is 33.9 Å². The van der Waals surface area contributed by atoms with Crippen LogP contribution in [0.1, 0.15) is 41.0 Å². The minimum absolute atomic E-state index is 0.210. The maximum atomic E-state index is 12.5. The van der Waals surface area contributed by atoms with Crippen LogP contribution in [0, 0.1) is 0 Å². The highest BCUT2D eigenvalue weighted by molar-refractivity contribution is 5.94. The molecule has 3 N–H and O–H groups in total. The van der Waals surface area contributed by atoms with E-state index in [4.69, 9.17) is 0 Å². The Morgan fingerprint density at radius 3 is 2.85 bits per heavy atom. The molecule has 2 aromatic heterocycles. The zero-order valence-corrected chi connectivity index (χ0v) is 14.9. The van der Waals surface area contributed by atoms with E-state index in [1.165, 1.54) is 4.57 Å². The maximum absolute atomic E-state index is 12.5. The van der Waals surface area contributed by atoms with Gasteiger partial charge in [-0.2, -0.15) is 5.10 Å². The number of aryl methyl sites for hydroxylation is 1. The molecule has 3 aromatic rings. The molecule has 0 saturated heterocycles. The van der Waals surface area contributed by atoms with Gasteiger partial charge in [0, 0.05) is 24.3 Å². The first kappa shape index (κ1) is 17.3. The highest BCUT2D eigenvalue weighted by Gasteiger charge is 2.20. The van der Waals surface area contributed by atoms with Crippen LogP contribution in [0.2, 0.25) is 0 Å². The number of hydrogen-bond acceptors (Lipinski definition) is 4. The predicted octanol–water partition coefficient (Wildman–Crippen LogP) is 1.11. The molecule has 1 aliphatic rings. The van der Waals surface area contributed by atoms with Crippen LogP contribution in [0.3, 0.4) is 0 Å². The van der Waals surface area contributed by atoms with Crippen molar-refractivity contribution in [3.63, 3.8) is 0 Å². The lowest BCUT2D eigenvalue weighted by atomic mass is 10.1. The molecule has 0 aliphatic heterocycles. The molecule has 0 radical (unpaired) electrons. The maximum Gasteiger partial charge on any atom is 0.316 e. The third-order valence-electron chi connectivity index (χ3n) is 5.02. The highest BCUT2D eigenvalue weighted by Crippen LogP contribution is 2.21. The summed E-state index contributed by atoms with van der Waals surface area (Å²) >= 11 is 0. The summed E-state index contributed by atoms with van der Waals surface area (Å²) in [6, 6.07) is 7.10. The molecule has 2 heterocycles. The lowest BCUT2D eigenvalue weighted by Crippen LogP contribution is -2.39. The summed E-state index contributed by atoms with van der Waals surface area (Å²) in [5.41, 5.74) is 2.42. The van der Waals surface area contributed by atoms with Crippen molar-refractivity contribution in [1.29, 1.82) is 0 Å². The molecule has 1 aromatic carbocycles. The van der Waals surface area contributed by atoms with Crippen LogP contribution in [-0.4, -0.2) is 32.2 Å².